The Kier molecular flexibility index (Phi) is 6.65. The van der Waals surface area contributed by atoms with Gasteiger partial charge in [-0.05, 0) is 39.0 Å². The number of esters is 1. The molecule has 0 N–H and O–H groups in total. The molecule has 0 amide bonds. The van der Waals surface area contributed by atoms with Gasteiger partial charge in [-0.15, -0.1) is 0 Å². The van der Waals surface area contributed by atoms with E-state index >= 15 is 0 Å². The first-order valence-corrected chi connectivity index (χ1v) is 6.79. The van der Waals surface area contributed by atoms with E-state index in [1.807, 2.05) is 6.92 Å². The molecule has 0 radical (unpaired) electrons. The van der Waals surface area contributed by atoms with Gasteiger partial charge in [0.05, 0.1) is 19.8 Å². The highest BCUT2D eigenvalue weighted by molar-refractivity contribution is 6.11. The number of benzene rings is 1. The van der Waals surface area contributed by atoms with Crippen molar-refractivity contribution >= 4 is 11.8 Å². The van der Waals surface area contributed by atoms with Gasteiger partial charge >= 0.3 is 5.97 Å². The van der Waals surface area contributed by atoms with Crippen LogP contribution in [0.2, 0.25) is 0 Å². The highest BCUT2D eigenvalue weighted by atomic mass is 19.1. The Labute approximate surface area is 123 Å². The normalized spacial score (nSPS) is 11.6. The van der Waals surface area contributed by atoms with E-state index in [-0.39, 0.29) is 12.2 Å². The average Bonchev–Trinajstić information content (AvgIpc) is 2.48. The number of carbonyl (C=O) groups excluding carboxylic acids is 2. The molecule has 0 aromatic heterocycles. The smallest absolute Gasteiger partial charge is 0.348 e. The van der Waals surface area contributed by atoms with Gasteiger partial charge in [0.1, 0.15) is 0 Å². The second-order valence-electron chi connectivity index (χ2n) is 4.01. The van der Waals surface area contributed by atoms with E-state index in [0.29, 0.717) is 24.7 Å². The minimum Gasteiger partial charge on any atom is -0.490 e. The fourth-order valence-corrected chi connectivity index (χ4v) is 1.67. The molecule has 0 fully saturated rings. The number of rotatable bonds is 8. The van der Waals surface area contributed by atoms with Gasteiger partial charge in [0.25, 0.3) is 6.17 Å². The first-order valence-electron chi connectivity index (χ1n) is 6.79. The number of ketones is 1. The fraction of sp³-hybridized carbons (Fsp3) is 0.467. The van der Waals surface area contributed by atoms with Gasteiger partial charge in [-0.3, -0.25) is 4.79 Å². The maximum absolute atomic E-state index is 13.7. The third-order valence-electron chi connectivity index (χ3n) is 2.55. The van der Waals surface area contributed by atoms with Crippen LogP contribution in [-0.4, -0.2) is 37.7 Å². The predicted octanol–water partition coefficient (Wildman–Crippen LogP) is 2.57. The molecule has 0 aliphatic rings. The summed E-state index contributed by atoms with van der Waals surface area (Å²) in [6.45, 7) is 5.95. The average molecular weight is 298 g/mol. The molecule has 5 nitrogen and oxygen atoms in total. The van der Waals surface area contributed by atoms with Gasteiger partial charge in [0.2, 0.25) is 5.78 Å². The molecule has 0 bridgehead atoms. The number of ether oxygens (including phenoxy) is 3. The fourth-order valence-electron chi connectivity index (χ4n) is 1.67. The Bertz CT molecular complexity index is 501. The Morgan fingerprint density at radius 1 is 1.05 bits per heavy atom. The molecule has 6 heteroatoms. The molecule has 21 heavy (non-hydrogen) atoms. The summed E-state index contributed by atoms with van der Waals surface area (Å²) in [4.78, 5) is 23.2. The van der Waals surface area contributed by atoms with E-state index in [9.17, 15) is 14.0 Å². The van der Waals surface area contributed by atoms with Crippen LogP contribution in [0.25, 0.3) is 0 Å². The van der Waals surface area contributed by atoms with Gasteiger partial charge in [-0.25, -0.2) is 9.18 Å². The molecule has 0 saturated carbocycles. The van der Waals surface area contributed by atoms with Crippen molar-refractivity contribution in [1.82, 2.24) is 0 Å². The number of hydrogen-bond donors (Lipinski definition) is 0. The zero-order chi connectivity index (χ0) is 15.8. The minimum atomic E-state index is -2.34. The van der Waals surface area contributed by atoms with Crippen molar-refractivity contribution in [2.45, 2.75) is 26.9 Å². The third-order valence-corrected chi connectivity index (χ3v) is 2.55. The predicted molar refractivity (Wildman–Crippen MR) is 74.6 cm³/mol. The van der Waals surface area contributed by atoms with Crippen LogP contribution in [-0.2, 0) is 9.53 Å². The van der Waals surface area contributed by atoms with Gasteiger partial charge < -0.3 is 14.2 Å². The van der Waals surface area contributed by atoms with Gasteiger partial charge in [0.15, 0.2) is 11.5 Å². The summed E-state index contributed by atoms with van der Waals surface area (Å²) in [7, 11) is 0. The lowest BCUT2D eigenvalue weighted by Crippen LogP contribution is -2.27. The van der Waals surface area contributed by atoms with Crippen LogP contribution in [0, 0.1) is 0 Å². The van der Waals surface area contributed by atoms with Gasteiger partial charge in [-0.1, -0.05) is 0 Å². The zero-order valence-corrected chi connectivity index (χ0v) is 12.3. The number of halogens is 1. The van der Waals surface area contributed by atoms with Crippen LogP contribution in [0.5, 0.6) is 11.5 Å². The molecule has 0 heterocycles. The lowest BCUT2D eigenvalue weighted by molar-refractivity contribution is -0.147. The molecule has 1 atom stereocenters. The summed E-state index contributed by atoms with van der Waals surface area (Å²) in [5.74, 6) is -1.35. The molecule has 0 saturated heterocycles. The van der Waals surface area contributed by atoms with E-state index in [1.165, 1.54) is 18.2 Å². The summed E-state index contributed by atoms with van der Waals surface area (Å²) in [6.07, 6.45) is -2.34. The van der Waals surface area contributed by atoms with Crippen molar-refractivity contribution < 1.29 is 28.2 Å². The Balaban J connectivity index is 2.99. The Morgan fingerprint density at radius 2 is 1.67 bits per heavy atom. The lowest BCUT2D eigenvalue weighted by atomic mass is 10.1. The molecule has 1 aromatic rings. The lowest BCUT2D eigenvalue weighted by Gasteiger charge is -2.12. The second-order valence-corrected chi connectivity index (χ2v) is 4.01. The number of carbonyl (C=O) groups is 2. The van der Waals surface area contributed by atoms with E-state index < -0.39 is 17.9 Å². The molecule has 1 aromatic carbocycles. The van der Waals surface area contributed by atoms with E-state index in [1.54, 1.807) is 13.8 Å². The molecular formula is C15H19FO5. The minimum absolute atomic E-state index is 0.0139. The maximum Gasteiger partial charge on any atom is 0.348 e. The standard InChI is InChI=1S/C15H19FO5/c1-4-19-11-8-7-10(9-12(11)20-5-2)14(17)13(16)15(18)21-6-3/h7-9,13H,4-6H2,1-3H3. The number of hydrogen-bond acceptors (Lipinski definition) is 5. The monoisotopic (exact) mass is 298 g/mol. The van der Waals surface area contributed by atoms with Crippen LogP contribution in [0.15, 0.2) is 18.2 Å². The molecule has 1 unspecified atom stereocenters. The Hall–Kier alpha value is -2.11. The number of Topliss-reactive ketones (excluding diaryl/α,β-unsaturated/α-hetero) is 1. The van der Waals surface area contributed by atoms with Gasteiger partial charge in [-0.2, -0.15) is 0 Å². The van der Waals surface area contributed by atoms with Crippen LogP contribution in [0.3, 0.4) is 0 Å². The quantitative estimate of drug-likeness (QED) is 0.419. The van der Waals surface area contributed by atoms with E-state index in [0.717, 1.165) is 0 Å². The van der Waals surface area contributed by atoms with Gasteiger partial charge in [0, 0.05) is 5.56 Å². The zero-order valence-electron chi connectivity index (χ0n) is 12.3. The van der Waals surface area contributed by atoms with Crippen molar-refractivity contribution in [1.29, 1.82) is 0 Å². The van der Waals surface area contributed by atoms with Crippen molar-refractivity contribution in [3.63, 3.8) is 0 Å². The van der Waals surface area contributed by atoms with Crippen molar-refractivity contribution in [2.75, 3.05) is 19.8 Å². The first kappa shape index (κ1) is 16.9. The summed E-state index contributed by atoms with van der Waals surface area (Å²) >= 11 is 0. The highest BCUT2D eigenvalue weighted by Gasteiger charge is 2.29. The number of alkyl halides is 1. The summed E-state index contributed by atoms with van der Waals surface area (Å²) in [5.41, 5.74) is 0.0301. The summed E-state index contributed by atoms with van der Waals surface area (Å²) in [6, 6.07) is 4.27. The molecule has 0 aliphatic heterocycles. The van der Waals surface area contributed by atoms with Crippen molar-refractivity contribution in [3.05, 3.63) is 23.8 Å². The van der Waals surface area contributed by atoms with Crippen LogP contribution in [0.1, 0.15) is 31.1 Å². The maximum atomic E-state index is 13.7. The molecular weight excluding hydrogens is 279 g/mol. The molecule has 116 valence electrons. The second kappa shape index (κ2) is 8.24. The van der Waals surface area contributed by atoms with Crippen LogP contribution in [0.4, 0.5) is 4.39 Å². The largest absolute Gasteiger partial charge is 0.490 e. The highest BCUT2D eigenvalue weighted by Crippen LogP contribution is 2.29. The van der Waals surface area contributed by atoms with Crippen LogP contribution >= 0.6 is 0 Å². The third kappa shape index (κ3) is 4.44. The first-order chi connectivity index (χ1) is 10.0. The Morgan fingerprint density at radius 3 is 2.24 bits per heavy atom. The topological polar surface area (TPSA) is 61.8 Å². The SMILES string of the molecule is CCOC(=O)C(F)C(=O)c1ccc(OCC)c(OCC)c1. The molecule has 0 spiro atoms. The summed E-state index contributed by atoms with van der Waals surface area (Å²) < 4.78 is 28.9. The molecule has 1 rings (SSSR count). The summed E-state index contributed by atoms with van der Waals surface area (Å²) in [5, 5.41) is 0. The molecule has 0 aliphatic carbocycles. The van der Waals surface area contributed by atoms with E-state index in [2.05, 4.69) is 4.74 Å². The van der Waals surface area contributed by atoms with Crippen LogP contribution < -0.4 is 9.47 Å². The van der Waals surface area contributed by atoms with E-state index in [4.69, 9.17) is 9.47 Å². The van der Waals surface area contributed by atoms with Crippen molar-refractivity contribution in [3.8, 4) is 11.5 Å². The van der Waals surface area contributed by atoms with Crippen molar-refractivity contribution in [2.24, 2.45) is 0 Å².